The monoisotopic (exact) mass is 266 g/mol. The van der Waals surface area contributed by atoms with Gasteiger partial charge in [-0.05, 0) is 36.6 Å². The van der Waals surface area contributed by atoms with Crippen LogP contribution in [0, 0.1) is 0 Å². The maximum absolute atomic E-state index is 5.81. The molecule has 0 radical (unpaired) electrons. The highest BCUT2D eigenvalue weighted by atomic mass is 35.5. The molecule has 0 amide bonds. The molecule has 1 aromatic rings. The fourth-order valence-corrected chi connectivity index (χ4v) is 2.65. The van der Waals surface area contributed by atoms with Crippen molar-refractivity contribution in [1.29, 1.82) is 0 Å². The molecular weight excluding hydrogens is 252 g/mol. The first-order valence-electron chi connectivity index (χ1n) is 6.07. The Morgan fingerprint density at radius 2 is 2.11 bits per heavy atom. The van der Waals surface area contributed by atoms with Gasteiger partial charge in [-0.15, -0.1) is 0 Å². The summed E-state index contributed by atoms with van der Waals surface area (Å²) in [6.45, 7) is 1.89. The summed E-state index contributed by atoms with van der Waals surface area (Å²) in [5.74, 6) is 0.530. The van der Waals surface area contributed by atoms with E-state index in [1.54, 1.807) is 0 Å². The lowest BCUT2D eigenvalue weighted by molar-refractivity contribution is 0.0305. The molecule has 5 nitrogen and oxygen atoms in total. The van der Waals surface area contributed by atoms with Crippen molar-refractivity contribution in [3.63, 3.8) is 0 Å². The van der Waals surface area contributed by atoms with Crippen LogP contribution in [0.4, 0.5) is 11.5 Å². The van der Waals surface area contributed by atoms with Gasteiger partial charge in [-0.3, -0.25) is 0 Å². The minimum Gasteiger partial charge on any atom is -0.374 e. The Hall–Kier alpha value is -1.33. The molecule has 0 aliphatic carbocycles. The molecule has 2 saturated heterocycles. The number of halogens is 1. The number of aromatic nitrogens is 1. The first-order valence-corrected chi connectivity index (χ1v) is 6.44. The van der Waals surface area contributed by atoms with Gasteiger partial charge in [0.15, 0.2) is 11.1 Å². The van der Waals surface area contributed by atoms with Crippen molar-refractivity contribution in [3.8, 4) is 0 Å². The topological polar surface area (TPSA) is 63.7 Å². The number of rotatable bonds is 2. The zero-order valence-corrected chi connectivity index (χ0v) is 10.7. The van der Waals surface area contributed by atoms with Gasteiger partial charge in [0.1, 0.15) is 0 Å². The molecule has 2 N–H and O–H groups in total. The molecule has 2 unspecified atom stereocenters. The van der Waals surface area contributed by atoms with Gasteiger partial charge in [-0.1, -0.05) is 0 Å². The smallest absolute Gasteiger partial charge is 0.195 e. The number of ether oxygens (including phenoxy) is 1. The second-order valence-corrected chi connectivity index (χ2v) is 5.06. The number of nitrogens with zero attached hydrogens (tertiary/aromatic N) is 3. The third kappa shape index (κ3) is 2.42. The molecule has 6 heteroatoms. The fourth-order valence-electron chi connectivity index (χ4n) is 2.57. The Morgan fingerprint density at radius 1 is 1.39 bits per heavy atom. The SMILES string of the molecule is NC(Cl)=Nc1ccc(N2CC3CCC(C2)O3)cn1. The molecule has 2 atom stereocenters. The lowest BCUT2D eigenvalue weighted by atomic mass is 10.2. The third-order valence-electron chi connectivity index (χ3n) is 3.36. The molecule has 0 saturated carbocycles. The van der Waals surface area contributed by atoms with Crippen LogP contribution < -0.4 is 10.6 Å². The molecule has 3 rings (SSSR count). The number of morpholine rings is 1. The van der Waals surface area contributed by atoms with E-state index in [9.17, 15) is 0 Å². The first-order chi connectivity index (χ1) is 8.70. The second-order valence-electron chi connectivity index (χ2n) is 4.67. The van der Waals surface area contributed by atoms with E-state index in [-0.39, 0.29) is 5.29 Å². The average Bonchev–Trinajstić information content (AvgIpc) is 2.68. The van der Waals surface area contributed by atoms with E-state index in [0.717, 1.165) is 18.8 Å². The highest BCUT2D eigenvalue weighted by Gasteiger charge is 2.33. The van der Waals surface area contributed by atoms with Gasteiger partial charge < -0.3 is 15.4 Å². The maximum atomic E-state index is 5.81. The zero-order chi connectivity index (χ0) is 12.5. The molecule has 18 heavy (non-hydrogen) atoms. The average molecular weight is 267 g/mol. The number of pyridine rings is 1. The molecule has 0 spiro atoms. The van der Waals surface area contributed by atoms with Crippen LogP contribution >= 0.6 is 11.6 Å². The Bertz CT molecular complexity index is 446. The van der Waals surface area contributed by atoms with E-state index >= 15 is 0 Å². The maximum Gasteiger partial charge on any atom is 0.195 e. The highest BCUT2D eigenvalue weighted by molar-refractivity contribution is 6.64. The number of fused-ring (bicyclic) bond motifs is 2. The molecular formula is C12H15ClN4O. The minimum atomic E-state index is -0.000308. The van der Waals surface area contributed by atoms with Crippen LogP contribution in [0.15, 0.2) is 23.3 Å². The van der Waals surface area contributed by atoms with Gasteiger partial charge in [-0.25, -0.2) is 9.98 Å². The molecule has 3 heterocycles. The van der Waals surface area contributed by atoms with Crippen molar-refractivity contribution >= 4 is 28.4 Å². The van der Waals surface area contributed by atoms with E-state index in [4.69, 9.17) is 22.1 Å². The van der Waals surface area contributed by atoms with Crippen LogP contribution in [-0.4, -0.2) is 35.6 Å². The molecule has 96 valence electrons. The standard InChI is InChI=1S/C12H15ClN4O/c13-12(14)16-11-4-1-8(5-15-11)17-6-9-2-3-10(7-17)18-9/h1,4-5,9-10H,2-3,6-7H2,(H2,14,15,16). The summed E-state index contributed by atoms with van der Waals surface area (Å²) >= 11 is 5.51. The number of amidine groups is 1. The Kier molecular flexibility index (Phi) is 3.09. The van der Waals surface area contributed by atoms with Gasteiger partial charge >= 0.3 is 0 Å². The van der Waals surface area contributed by atoms with Gasteiger partial charge in [0.2, 0.25) is 0 Å². The fraction of sp³-hybridized carbons (Fsp3) is 0.500. The highest BCUT2D eigenvalue weighted by Crippen LogP contribution is 2.29. The molecule has 2 bridgehead atoms. The Balaban J connectivity index is 1.75. The van der Waals surface area contributed by atoms with E-state index in [2.05, 4.69) is 14.9 Å². The third-order valence-corrected chi connectivity index (χ3v) is 3.45. The minimum absolute atomic E-state index is 0.000308. The summed E-state index contributed by atoms with van der Waals surface area (Å²) < 4.78 is 5.81. The molecule has 1 aromatic heterocycles. The number of hydrogen-bond donors (Lipinski definition) is 1. The van der Waals surface area contributed by atoms with Crippen LogP contribution in [-0.2, 0) is 4.74 Å². The second kappa shape index (κ2) is 4.74. The summed E-state index contributed by atoms with van der Waals surface area (Å²) in [5.41, 5.74) is 6.40. The normalized spacial score (nSPS) is 27.6. The van der Waals surface area contributed by atoms with Crippen LogP contribution in [0.3, 0.4) is 0 Å². The summed E-state index contributed by atoms with van der Waals surface area (Å²) in [4.78, 5) is 10.4. The van der Waals surface area contributed by atoms with E-state index in [1.165, 1.54) is 12.8 Å². The van der Waals surface area contributed by atoms with Crippen molar-refractivity contribution in [2.45, 2.75) is 25.0 Å². The summed E-state index contributed by atoms with van der Waals surface area (Å²) in [5, 5.41) is -0.000308. The predicted molar refractivity (Wildman–Crippen MR) is 71.5 cm³/mol. The largest absolute Gasteiger partial charge is 0.374 e. The van der Waals surface area contributed by atoms with E-state index in [1.807, 2.05) is 18.3 Å². The van der Waals surface area contributed by atoms with E-state index < -0.39 is 0 Å². The number of nitrogens with two attached hydrogens (primary N) is 1. The van der Waals surface area contributed by atoms with Crippen LogP contribution in [0.2, 0.25) is 0 Å². The predicted octanol–water partition coefficient (Wildman–Crippen LogP) is 1.63. The molecule has 0 aromatic carbocycles. The van der Waals surface area contributed by atoms with Gasteiger partial charge in [-0.2, -0.15) is 0 Å². The zero-order valence-electron chi connectivity index (χ0n) is 9.92. The Morgan fingerprint density at radius 3 is 2.67 bits per heavy atom. The Labute approximate surface area is 111 Å². The number of anilines is 1. The summed E-state index contributed by atoms with van der Waals surface area (Å²) in [7, 11) is 0. The van der Waals surface area contributed by atoms with Crippen molar-refractivity contribution in [1.82, 2.24) is 4.98 Å². The lowest BCUT2D eigenvalue weighted by Crippen LogP contribution is -2.42. The number of hydrogen-bond acceptors (Lipinski definition) is 4. The van der Waals surface area contributed by atoms with E-state index in [0.29, 0.717) is 18.0 Å². The number of aliphatic imine (C=N–C) groups is 1. The lowest BCUT2D eigenvalue weighted by Gasteiger charge is -2.33. The summed E-state index contributed by atoms with van der Waals surface area (Å²) in [6.07, 6.45) is 4.89. The molecule has 2 fully saturated rings. The van der Waals surface area contributed by atoms with Crippen LogP contribution in [0.5, 0.6) is 0 Å². The first kappa shape index (κ1) is 11.7. The van der Waals surface area contributed by atoms with Gasteiger partial charge in [0.05, 0.1) is 24.1 Å². The van der Waals surface area contributed by atoms with Crippen molar-refractivity contribution < 1.29 is 4.74 Å². The van der Waals surface area contributed by atoms with Crippen molar-refractivity contribution in [2.24, 2.45) is 10.7 Å². The van der Waals surface area contributed by atoms with Crippen LogP contribution in [0.25, 0.3) is 0 Å². The van der Waals surface area contributed by atoms with Gasteiger partial charge in [0, 0.05) is 13.1 Å². The molecule has 2 aliphatic heterocycles. The quantitative estimate of drug-likeness (QED) is 0.502. The molecule has 2 aliphatic rings. The van der Waals surface area contributed by atoms with Crippen molar-refractivity contribution in [2.75, 3.05) is 18.0 Å². The van der Waals surface area contributed by atoms with Gasteiger partial charge in [0.25, 0.3) is 0 Å². The van der Waals surface area contributed by atoms with Crippen molar-refractivity contribution in [3.05, 3.63) is 18.3 Å². The summed E-state index contributed by atoms with van der Waals surface area (Å²) in [6, 6.07) is 3.82. The van der Waals surface area contributed by atoms with Crippen LogP contribution in [0.1, 0.15) is 12.8 Å².